The standard InChI is InChI=1S/C14H17N3O2.ClH/c1-2-19-14(18)17-11-6-4-3-5-10(11)9-12(17)13-15-7-8-16-13;/h3-6,12H,2,7-9H2,1H3,(H,15,16);1H. The zero-order valence-electron chi connectivity index (χ0n) is 11.3. The number of rotatable bonds is 2. The zero-order valence-corrected chi connectivity index (χ0v) is 12.2. The number of hydrogen-bond acceptors (Lipinski definition) is 4. The molecule has 5 nitrogen and oxygen atoms in total. The van der Waals surface area contributed by atoms with Crippen LogP contribution in [-0.4, -0.2) is 37.7 Å². The highest BCUT2D eigenvalue weighted by molar-refractivity contribution is 6.03. The molecule has 0 spiro atoms. The Morgan fingerprint density at radius 2 is 2.30 bits per heavy atom. The summed E-state index contributed by atoms with van der Waals surface area (Å²) in [4.78, 5) is 18.4. The largest absolute Gasteiger partial charge is 0.449 e. The number of benzene rings is 1. The summed E-state index contributed by atoms with van der Waals surface area (Å²) in [6, 6.07) is 7.89. The van der Waals surface area contributed by atoms with E-state index in [9.17, 15) is 4.79 Å². The molecule has 0 bridgehead atoms. The molecule has 2 aliphatic heterocycles. The van der Waals surface area contributed by atoms with Gasteiger partial charge in [0.1, 0.15) is 11.9 Å². The number of fused-ring (bicyclic) bond motifs is 1. The molecule has 0 fully saturated rings. The molecule has 108 valence electrons. The van der Waals surface area contributed by atoms with E-state index in [-0.39, 0.29) is 24.5 Å². The highest BCUT2D eigenvalue weighted by Gasteiger charge is 2.38. The molecule has 1 aromatic rings. The Morgan fingerprint density at radius 1 is 1.50 bits per heavy atom. The number of hydrogen-bond donors (Lipinski definition) is 1. The molecule has 2 aliphatic rings. The van der Waals surface area contributed by atoms with Crippen LogP contribution in [0.4, 0.5) is 10.5 Å². The van der Waals surface area contributed by atoms with Crippen molar-refractivity contribution in [2.75, 3.05) is 24.6 Å². The smallest absolute Gasteiger partial charge is 0.414 e. The second-order valence-corrected chi connectivity index (χ2v) is 4.61. The lowest BCUT2D eigenvalue weighted by atomic mass is 10.1. The van der Waals surface area contributed by atoms with Crippen LogP contribution in [0, 0.1) is 0 Å². The van der Waals surface area contributed by atoms with Crippen molar-refractivity contribution in [1.82, 2.24) is 5.32 Å². The van der Waals surface area contributed by atoms with Gasteiger partial charge in [0.15, 0.2) is 0 Å². The van der Waals surface area contributed by atoms with Gasteiger partial charge in [0.25, 0.3) is 0 Å². The van der Waals surface area contributed by atoms with Crippen molar-refractivity contribution in [2.45, 2.75) is 19.4 Å². The topological polar surface area (TPSA) is 53.9 Å². The number of carbonyl (C=O) groups excluding carboxylic acids is 1. The van der Waals surface area contributed by atoms with Crippen LogP contribution in [0.25, 0.3) is 0 Å². The van der Waals surface area contributed by atoms with E-state index in [0.29, 0.717) is 6.61 Å². The molecule has 1 atom stereocenters. The fraction of sp³-hybridized carbons (Fsp3) is 0.429. The van der Waals surface area contributed by atoms with Gasteiger partial charge < -0.3 is 10.1 Å². The van der Waals surface area contributed by atoms with E-state index in [1.807, 2.05) is 25.1 Å². The van der Waals surface area contributed by atoms with E-state index in [1.165, 1.54) is 0 Å². The van der Waals surface area contributed by atoms with Crippen molar-refractivity contribution in [3.8, 4) is 0 Å². The Morgan fingerprint density at radius 3 is 3.00 bits per heavy atom. The minimum Gasteiger partial charge on any atom is -0.449 e. The summed E-state index contributed by atoms with van der Waals surface area (Å²) in [5, 5.41) is 3.26. The number of aliphatic imine (C=N–C) groups is 1. The summed E-state index contributed by atoms with van der Waals surface area (Å²) in [6.45, 7) is 3.82. The number of nitrogens with zero attached hydrogens (tertiary/aromatic N) is 2. The molecule has 3 rings (SSSR count). The monoisotopic (exact) mass is 295 g/mol. The normalized spacial score (nSPS) is 19.8. The maximum absolute atomic E-state index is 12.2. The third-order valence-corrected chi connectivity index (χ3v) is 3.46. The fourth-order valence-corrected chi connectivity index (χ4v) is 2.66. The van der Waals surface area contributed by atoms with Crippen molar-refractivity contribution in [2.24, 2.45) is 4.99 Å². The lowest BCUT2D eigenvalue weighted by molar-refractivity contribution is 0.159. The highest BCUT2D eigenvalue weighted by Crippen LogP contribution is 2.33. The van der Waals surface area contributed by atoms with Crippen LogP contribution in [0.3, 0.4) is 0 Å². The Bertz CT molecular complexity index is 533. The first-order valence-corrected chi connectivity index (χ1v) is 6.63. The van der Waals surface area contributed by atoms with Crippen LogP contribution < -0.4 is 10.2 Å². The molecule has 1 N–H and O–H groups in total. The van der Waals surface area contributed by atoms with Crippen molar-refractivity contribution in [3.05, 3.63) is 29.8 Å². The first kappa shape index (κ1) is 14.7. The van der Waals surface area contributed by atoms with Crippen LogP contribution in [0.2, 0.25) is 0 Å². The molecule has 6 heteroatoms. The average molecular weight is 296 g/mol. The van der Waals surface area contributed by atoms with Gasteiger partial charge >= 0.3 is 6.09 Å². The maximum Gasteiger partial charge on any atom is 0.414 e. The number of para-hydroxylation sites is 1. The van der Waals surface area contributed by atoms with Gasteiger partial charge in [-0.2, -0.15) is 0 Å². The molecule has 2 heterocycles. The van der Waals surface area contributed by atoms with E-state index in [1.54, 1.807) is 4.90 Å². The summed E-state index contributed by atoms with van der Waals surface area (Å²) in [5.41, 5.74) is 2.10. The summed E-state index contributed by atoms with van der Waals surface area (Å²) < 4.78 is 5.18. The number of anilines is 1. The summed E-state index contributed by atoms with van der Waals surface area (Å²) in [7, 11) is 0. The second-order valence-electron chi connectivity index (χ2n) is 4.61. The number of ether oxygens (including phenoxy) is 1. The number of halogens is 1. The number of carbonyl (C=O) groups is 1. The van der Waals surface area contributed by atoms with E-state index < -0.39 is 0 Å². The Kier molecular flexibility index (Phi) is 4.49. The van der Waals surface area contributed by atoms with Gasteiger partial charge in [0.05, 0.1) is 18.8 Å². The average Bonchev–Trinajstić information content (AvgIpc) is 3.06. The molecule has 0 aliphatic carbocycles. The van der Waals surface area contributed by atoms with Crippen LogP contribution in [-0.2, 0) is 11.2 Å². The van der Waals surface area contributed by atoms with Crippen LogP contribution in [0.15, 0.2) is 29.3 Å². The molecule has 1 amide bonds. The van der Waals surface area contributed by atoms with E-state index in [4.69, 9.17) is 4.74 Å². The van der Waals surface area contributed by atoms with Gasteiger partial charge in [-0.1, -0.05) is 18.2 Å². The van der Waals surface area contributed by atoms with Crippen molar-refractivity contribution in [3.63, 3.8) is 0 Å². The Balaban J connectivity index is 0.00000147. The lowest BCUT2D eigenvalue weighted by Gasteiger charge is -2.24. The minimum absolute atomic E-state index is 0. The Labute approximate surface area is 124 Å². The first-order valence-electron chi connectivity index (χ1n) is 6.63. The van der Waals surface area contributed by atoms with Gasteiger partial charge in [-0.3, -0.25) is 9.89 Å². The number of amides is 1. The van der Waals surface area contributed by atoms with Crippen LogP contribution in [0.5, 0.6) is 0 Å². The first-order chi connectivity index (χ1) is 9.31. The molecule has 0 radical (unpaired) electrons. The lowest BCUT2D eigenvalue weighted by Crippen LogP contribution is -2.47. The number of nitrogens with one attached hydrogen (secondary N) is 1. The third-order valence-electron chi connectivity index (χ3n) is 3.46. The molecule has 20 heavy (non-hydrogen) atoms. The van der Waals surface area contributed by atoms with E-state index in [0.717, 1.165) is 36.6 Å². The molecule has 0 saturated carbocycles. The fourth-order valence-electron chi connectivity index (χ4n) is 2.66. The second kappa shape index (κ2) is 6.13. The summed E-state index contributed by atoms with van der Waals surface area (Å²) >= 11 is 0. The molecule has 0 aromatic heterocycles. The van der Waals surface area contributed by atoms with Gasteiger partial charge in [0.2, 0.25) is 0 Å². The van der Waals surface area contributed by atoms with Gasteiger partial charge in [-0.15, -0.1) is 12.4 Å². The van der Waals surface area contributed by atoms with Gasteiger partial charge in [-0.05, 0) is 18.6 Å². The number of amidine groups is 1. The van der Waals surface area contributed by atoms with Crippen LogP contribution >= 0.6 is 12.4 Å². The maximum atomic E-state index is 12.2. The quantitative estimate of drug-likeness (QED) is 0.908. The van der Waals surface area contributed by atoms with Crippen molar-refractivity contribution in [1.29, 1.82) is 0 Å². The Hall–Kier alpha value is -1.75. The molecular formula is C14H18ClN3O2. The molecule has 1 aromatic carbocycles. The predicted molar refractivity (Wildman–Crippen MR) is 81.0 cm³/mol. The zero-order chi connectivity index (χ0) is 13.2. The van der Waals surface area contributed by atoms with Crippen molar-refractivity contribution >= 4 is 30.0 Å². The summed E-state index contributed by atoms with van der Waals surface area (Å²) in [6.07, 6.45) is 0.495. The van der Waals surface area contributed by atoms with E-state index >= 15 is 0 Å². The predicted octanol–water partition coefficient (Wildman–Crippen LogP) is 2.00. The molecular weight excluding hydrogens is 278 g/mol. The minimum atomic E-state index is -0.297. The summed E-state index contributed by atoms with van der Waals surface area (Å²) in [5.74, 6) is 0.893. The molecule has 0 saturated heterocycles. The van der Waals surface area contributed by atoms with Crippen LogP contribution in [0.1, 0.15) is 12.5 Å². The van der Waals surface area contributed by atoms with Gasteiger partial charge in [-0.25, -0.2) is 4.79 Å². The molecule has 1 unspecified atom stereocenters. The SMILES string of the molecule is CCOC(=O)N1c2ccccc2CC1C1=NCCN1.Cl. The van der Waals surface area contributed by atoms with E-state index in [2.05, 4.69) is 16.4 Å². The highest BCUT2D eigenvalue weighted by atomic mass is 35.5. The van der Waals surface area contributed by atoms with Gasteiger partial charge in [0, 0.05) is 13.0 Å². The third kappa shape index (κ3) is 2.45. The van der Waals surface area contributed by atoms with Crippen molar-refractivity contribution < 1.29 is 9.53 Å².